The first-order valence-electron chi connectivity index (χ1n) is 13.1. The molecule has 0 saturated heterocycles. The molecule has 4 aromatic rings. The van der Waals surface area contributed by atoms with E-state index < -0.39 is 6.10 Å². The van der Waals surface area contributed by atoms with Crippen LogP contribution >= 0.6 is 11.3 Å². The fourth-order valence-electron chi connectivity index (χ4n) is 4.36. The number of ether oxygens (including phenoxy) is 1. The third kappa shape index (κ3) is 7.75. The second-order valence-electron chi connectivity index (χ2n) is 9.71. The summed E-state index contributed by atoms with van der Waals surface area (Å²) in [6.07, 6.45) is 1.34. The maximum absolute atomic E-state index is 11.7. The molecular weight excluding hydrogens is 498 g/mol. The van der Waals surface area contributed by atoms with Gasteiger partial charge in [0.25, 0.3) is 0 Å². The lowest BCUT2D eigenvalue weighted by atomic mass is 10.0. The van der Waals surface area contributed by atoms with Crippen molar-refractivity contribution in [1.82, 2.24) is 15.6 Å². The average molecular weight is 536 g/mol. The van der Waals surface area contributed by atoms with E-state index in [0.29, 0.717) is 28.9 Å². The second-order valence-corrected chi connectivity index (χ2v) is 10.7. The topological polar surface area (TPSA) is 107 Å². The van der Waals surface area contributed by atoms with Gasteiger partial charge in [0.15, 0.2) is 0 Å². The van der Waals surface area contributed by atoms with Crippen LogP contribution in [0.25, 0.3) is 21.3 Å². The Morgan fingerprint density at radius 3 is 2.58 bits per heavy atom. The maximum atomic E-state index is 11.7. The van der Waals surface area contributed by atoms with Crippen molar-refractivity contribution >= 4 is 21.6 Å². The van der Waals surface area contributed by atoms with Gasteiger partial charge in [-0.25, -0.2) is 0 Å². The number of fused-ring (bicyclic) bond motifs is 1. The summed E-state index contributed by atoms with van der Waals surface area (Å²) >= 11 is 0.998. The Hall–Kier alpha value is -3.01. The van der Waals surface area contributed by atoms with E-state index >= 15 is 0 Å². The number of benzene rings is 3. The standard InChI is InChI=1S/C30H37N3O4S/c1-20(2)37-16-4-14-31-18-22-5-3-6-24(17-22)23-9-7-21(8-10-23)13-15-32-19-27(35)25-11-12-26(34)28-29(25)38-30(36)33-28/h3,5-12,17,20,27,31-32,34-35H,4,13-16,18-19H2,1-2H3,(H,33,36)/t27-/m0/s1. The van der Waals surface area contributed by atoms with E-state index in [1.165, 1.54) is 28.3 Å². The first-order valence-corrected chi connectivity index (χ1v) is 14.0. The minimum absolute atomic E-state index is 0.0113. The zero-order valence-corrected chi connectivity index (χ0v) is 22.8. The molecule has 3 aromatic carbocycles. The lowest BCUT2D eigenvalue weighted by molar-refractivity contribution is 0.0770. The lowest BCUT2D eigenvalue weighted by Gasteiger charge is -2.13. The Morgan fingerprint density at radius 1 is 0.974 bits per heavy atom. The predicted molar refractivity (Wildman–Crippen MR) is 155 cm³/mol. The monoisotopic (exact) mass is 535 g/mol. The molecule has 8 heteroatoms. The van der Waals surface area contributed by atoms with Gasteiger partial charge in [-0.3, -0.25) is 4.79 Å². The summed E-state index contributed by atoms with van der Waals surface area (Å²) in [4.78, 5) is 14.1. The van der Waals surface area contributed by atoms with Crippen molar-refractivity contribution in [1.29, 1.82) is 0 Å². The summed E-state index contributed by atoms with van der Waals surface area (Å²) < 4.78 is 6.18. The van der Waals surface area contributed by atoms with Gasteiger partial charge in [0.2, 0.25) is 0 Å². The van der Waals surface area contributed by atoms with Crippen molar-refractivity contribution < 1.29 is 14.9 Å². The zero-order chi connectivity index (χ0) is 26.9. The molecule has 1 heterocycles. The number of hydrogen-bond donors (Lipinski definition) is 5. The van der Waals surface area contributed by atoms with Gasteiger partial charge in [-0.05, 0) is 74.2 Å². The van der Waals surface area contributed by atoms with Crippen LogP contribution in [0.3, 0.4) is 0 Å². The molecule has 5 N–H and O–H groups in total. The van der Waals surface area contributed by atoms with Crippen molar-refractivity contribution in [2.45, 2.75) is 45.4 Å². The largest absolute Gasteiger partial charge is 0.506 e. The fraction of sp³-hybridized carbons (Fsp3) is 0.367. The number of nitrogens with one attached hydrogen (secondary N) is 3. The zero-order valence-electron chi connectivity index (χ0n) is 22.0. The number of aromatic nitrogens is 1. The molecular formula is C30H37N3O4S. The van der Waals surface area contributed by atoms with Crippen LogP contribution in [0, 0.1) is 0 Å². The summed E-state index contributed by atoms with van der Waals surface area (Å²) in [6.45, 7) is 7.74. The van der Waals surface area contributed by atoms with Gasteiger partial charge in [0.05, 0.1) is 16.9 Å². The van der Waals surface area contributed by atoms with Crippen LogP contribution in [0.4, 0.5) is 0 Å². The van der Waals surface area contributed by atoms with E-state index in [1.807, 2.05) is 0 Å². The SMILES string of the molecule is CC(C)OCCCNCc1cccc(-c2ccc(CCNC[C@H](O)c3ccc(O)c4[nH]c(=O)sc34)cc2)c1. The number of phenolic OH excluding ortho intramolecular Hbond substituents is 1. The van der Waals surface area contributed by atoms with Gasteiger partial charge < -0.3 is 30.6 Å². The molecule has 4 rings (SSSR count). The van der Waals surface area contributed by atoms with E-state index in [-0.39, 0.29) is 16.7 Å². The van der Waals surface area contributed by atoms with Crippen molar-refractivity contribution in [2.75, 3.05) is 26.2 Å². The number of aliphatic hydroxyl groups is 1. The number of phenols is 1. The number of aliphatic hydroxyl groups excluding tert-OH is 1. The number of thiazole rings is 1. The van der Waals surface area contributed by atoms with Crippen LogP contribution in [0.1, 0.15) is 43.1 Å². The summed E-state index contributed by atoms with van der Waals surface area (Å²) in [5.41, 5.74) is 5.88. The van der Waals surface area contributed by atoms with Crippen LogP contribution in [0.2, 0.25) is 0 Å². The fourth-order valence-corrected chi connectivity index (χ4v) is 5.28. The molecule has 0 bridgehead atoms. The first-order chi connectivity index (χ1) is 18.4. The Kier molecular flexibility index (Phi) is 10.1. The molecule has 1 atom stereocenters. The molecule has 7 nitrogen and oxygen atoms in total. The van der Waals surface area contributed by atoms with Crippen LogP contribution in [0.15, 0.2) is 65.5 Å². The molecule has 1 aromatic heterocycles. The van der Waals surface area contributed by atoms with E-state index in [2.05, 4.69) is 78.0 Å². The van der Waals surface area contributed by atoms with Gasteiger partial charge >= 0.3 is 4.87 Å². The van der Waals surface area contributed by atoms with Crippen LogP contribution in [-0.2, 0) is 17.7 Å². The summed E-state index contributed by atoms with van der Waals surface area (Å²) in [5.74, 6) is 0.0113. The molecule has 0 aliphatic heterocycles. The minimum atomic E-state index is -0.776. The summed E-state index contributed by atoms with van der Waals surface area (Å²) in [6, 6.07) is 20.4. The third-order valence-corrected chi connectivity index (χ3v) is 7.30. The van der Waals surface area contributed by atoms with Gasteiger partial charge in [-0.2, -0.15) is 0 Å². The lowest BCUT2D eigenvalue weighted by Crippen LogP contribution is -2.23. The van der Waals surface area contributed by atoms with Gasteiger partial charge in [-0.15, -0.1) is 0 Å². The molecule has 0 unspecified atom stereocenters. The third-order valence-electron chi connectivity index (χ3n) is 6.37. The number of rotatable bonds is 14. The highest BCUT2D eigenvalue weighted by Crippen LogP contribution is 2.31. The molecule has 0 radical (unpaired) electrons. The highest BCUT2D eigenvalue weighted by molar-refractivity contribution is 7.16. The maximum Gasteiger partial charge on any atom is 0.305 e. The smallest absolute Gasteiger partial charge is 0.305 e. The van der Waals surface area contributed by atoms with E-state index in [9.17, 15) is 15.0 Å². The minimum Gasteiger partial charge on any atom is -0.506 e. The number of aromatic amines is 1. The number of hydrogen-bond acceptors (Lipinski definition) is 7. The summed E-state index contributed by atoms with van der Waals surface area (Å²) in [5, 5.41) is 27.4. The van der Waals surface area contributed by atoms with Gasteiger partial charge in [0.1, 0.15) is 11.3 Å². The molecule has 0 aliphatic carbocycles. The highest BCUT2D eigenvalue weighted by Gasteiger charge is 2.16. The van der Waals surface area contributed by atoms with Crippen LogP contribution < -0.4 is 15.5 Å². The normalized spacial score (nSPS) is 12.4. The molecule has 0 fully saturated rings. The molecule has 0 spiro atoms. The van der Waals surface area contributed by atoms with Crippen molar-refractivity contribution in [3.05, 3.63) is 87.0 Å². The number of H-pyrrole nitrogens is 1. The van der Waals surface area contributed by atoms with Crippen molar-refractivity contribution in [3.63, 3.8) is 0 Å². The van der Waals surface area contributed by atoms with Crippen LogP contribution in [0.5, 0.6) is 5.75 Å². The van der Waals surface area contributed by atoms with Crippen molar-refractivity contribution in [2.24, 2.45) is 0 Å². The van der Waals surface area contributed by atoms with Crippen molar-refractivity contribution in [3.8, 4) is 16.9 Å². The van der Waals surface area contributed by atoms with E-state index in [1.54, 1.807) is 6.07 Å². The average Bonchev–Trinajstić information content (AvgIpc) is 3.31. The van der Waals surface area contributed by atoms with Crippen LogP contribution in [-0.4, -0.2) is 47.5 Å². The van der Waals surface area contributed by atoms with Gasteiger partial charge in [-0.1, -0.05) is 59.9 Å². The van der Waals surface area contributed by atoms with E-state index in [4.69, 9.17) is 4.74 Å². The molecule has 0 amide bonds. The Balaban J connectivity index is 1.23. The predicted octanol–water partition coefficient (Wildman–Crippen LogP) is 4.73. The highest BCUT2D eigenvalue weighted by atomic mass is 32.1. The molecule has 0 saturated carbocycles. The van der Waals surface area contributed by atoms with E-state index in [0.717, 1.165) is 43.9 Å². The number of aromatic hydroxyl groups is 1. The first kappa shape index (κ1) is 28.0. The molecule has 0 aliphatic rings. The van der Waals surface area contributed by atoms with Gasteiger partial charge in [0, 0.05) is 25.3 Å². The molecule has 38 heavy (non-hydrogen) atoms. The Labute approximate surface area is 227 Å². The second kappa shape index (κ2) is 13.7. The quantitative estimate of drug-likeness (QED) is 0.150. The Bertz CT molecular complexity index is 1360. The molecule has 202 valence electrons. The summed E-state index contributed by atoms with van der Waals surface area (Å²) in [7, 11) is 0. The Morgan fingerprint density at radius 2 is 1.79 bits per heavy atom.